The highest BCUT2D eigenvalue weighted by Crippen LogP contribution is 2.74. The summed E-state index contributed by atoms with van der Waals surface area (Å²) in [6.45, 7) is 4.56. The number of ether oxygens (including phenoxy) is 4. The van der Waals surface area contributed by atoms with Crippen molar-refractivity contribution in [3.8, 4) is 0 Å². The van der Waals surface area contributed by atoms with Crippen LogP contribution in [0.5, 0.6) is 0 Å². The number of nitrogens with two attached hydrogens (primary N) is 1. The van der Waals surface area contributed by atoms with Crippen molar-refractivity contribution in [2.75, 3.05) is 6.61 Å². The first-order valence-corrected chi connectivity index (χ1v) is 15.0. The average Bonchev–Trinajstić information content (AvgIpc) is 3.35. The fourth-order valence-corrected chi connectivity index (χ4v) is 10.9. The summed E-state index contributed by atoms with van der Waals surface area (Å²) in [6.07, 6.45) is 5.68. The number of hydrogen-bond acceptors (Lipinski definition) is 9. The van der Waals surface area contributed by atoms with Gasteiger partial charge in [-0.1, -0.05) is 13.8 Å². The third-order valence-corrected chi connectivity index (χ3v) is 12.9. The highest BCUT2D eigenvalue weighted by molar-refractivity contribution is 5.72. The van der Waals surface area contributed by atoms with E-state index in [9.17, 15) is 20.1 Å². The number of carbonyl (C=O) groups is 1. The minimum absolute atomic E-state index is 0.0569. The second kappa shape index (κ2) is 8.84. The summed E-state index contributed by atoms with van der Waals surface area (Å²) in [5.41, 5.74) is 6.12. The molecule has 38 heavy (non-hydrogen) atoms. The Kier molecular flexibility index (Phi) is 6.08. The molecule has 0 radical (unpaired) electrons. The molecule has 3 aliphatic heterocycles. The van der Waals surface area contributed by atoms with E-state index in [0.717, 1.165) is 51.4 Å². The summed E-state index contributed by atoms with van der Waals surface area (Å²) in [4.78, 5) is 12.2. The Bertz CT molecular complexity index is 963. The van der Waals surface area contributed by atoms with Crippen LogP contribution in [0.15, 0.2) is 0 Å². The van der Waals surface area contributed by atoms with E-state index in [1.165, 1.54) is 6.42 Å². The maximum Gasteiger partial charge on any atom is 0.308 e. The normalized spacial score (nSPS) is 59.4. The number of rotatable bonds is 3. The third-order valence-electron chi connectivity index (χ3n) is 12.9. The van der Waals surface area contributed by atoms with E-state index in [2.05, 4.69) is 13.8 Å². The first kappa shape index (κ1) is 26.1. The molecule has 0 aromatic heterocycles. The Hall–Kier alpha value is -0.810. The summed E-state index contributed by atoms with van der Waals surface area (Å²) < 4.78 is 24.7. The molecule has 7 fully saturated rings. The van der Waals surface area contributed by atoms with Crippen LogP contribution in [0, 0.1) is 40.4 Å². The fourth-order valence-electron chi connectivity index (χ4n) is 10.9. The first-order valence-electron chi connectivity index (χ1n) is 15.0. The van der Waals surface area contributed by atoms with E-state index in [1.807, 2.05) is 0 Å². The number of hydrogen-bond donors (Lipinski definition) is 4. The lowest BCUT2D eigenvalue weighted by molar-refractivity contribution is -0.324. The number of aliphatic hydroxyl groups is 3. The maximum absolute atomic E-state index is 12.2. The predicted octanol–water partition coefficient (Wildman–Crippen LogP) is 1.84. The molecule has 2 bridgehead atoms. The fraction of sp³-hybridized carbons (Fsp3) is 0.966. The molecule has 9 heteroatoms. The van der Waals surface area contributed by atoms with Crippen LogP contribution >= 0.6 is 0 Å². The lowest BCUT2D eigenvalue weighted by Gasteiger charge is -2.67. The molecule has 5 N–H and O–H groups in total. The van der Waals surface area contributed by atoms with Crippen LogP contribution in [0.1, 0.15) is 78.1 Å². The van der Waals surface area contributed by atoms with E-state index in [1.54, 1.807) is 0 Å². The zero-order chi connectivity index (χ0) is 26.6. The molecule has 4 saturated carbocycles. The number of aliphatic hydroxyl groups excluding tert-OH is 3. The molecular weight excluding hydrogens is 490 g/mol. The first-order chi connectivity index (χ1) is 18.1. The van der Waals surface area contributed by atoms with Crippen molar-refractivity contribution >= 4 is 5.97 Å². The highest BCUT2D eigenvalue weighted by atomic mass is 16.7. The average molecular weight is 536 g/mol. The van der Waals surface area contributed by atoms with Gasteiger partial charge in [-0.15, -0.1) is 0 Å². The molecule has 0 unspecified atom stereocenters. The third kappa shape index (κ3) is 3.39. The maximum atomic E-state index is 12.2. The van der Waals surface area contributed by atoms with Crippen LogP contribution in [0.3, 0.4) is 0 Å². The SMILES string of the molecule is C[C@]12CC[C@H](O[C@H]3O[C@@H](CO)[C@H](O)[C@@H](N)[C@@H]3O)C[C@H]1CC[C@@H]1[C@@H]2CC[C@]2(C)[C@@H]3CC[C@]12O[C@H]1OC(=O)C[C@H]13. The van der Waals surface area contributed by atoms with Crippen LogP contribution in [0.2, 0.25) is 0 Å². The highest BCUT2D eigenvalue weighted by Gasteiger charge is 2.74. The molecule has 0 amide bonds. The van der Waals surface area contributed by atoms with Crippen LogP contribution in [0.4, 0.5) is 0 Å². The van der Waals surface area contributed by atoms with Crippen molar-refractivity contribution < 1.29 is 39.1 Å². The molecule has 0 aromatic carbocycles. The Labute approximate surface area is 224 Å². The van der Waals surface area contributed by atoms with Gasteiger partial charge in [0.2, 0.25) is 6.29 Å². The van der Waals surface area contributed by atoms with Crippen LogP contribution in [-0.4, -0.2) is 76.5 Å². The van der Waals surface area contributed by atoms with Gasteiger partial charge in [-0.3, -0.25) is 4.79 Å². The monoisotopic (exact) mass is 535 g/mol. The Balaban J connectivity index is 1.08. The van der Waals surface area contributed by atoms with Gasteiger partial charge in [0.25, 0.3) is 0 Å². The number of fused-ring (bicyclic) bond motifs is 5. The van der Waals surface area contributed by atoms with Gasteiger partial charge in [-0.05, 0) is 86.9 Å². The Morgan fingerprint density at radius 2 is 1.79 bits per heavy atom. The van der Waals surface area contributed by atoms with Crippen molar-refractivity contribution in [2.24, 2.45) is 46.2 Å². The summed E-state index contributed by atoms with van der Waals surface area (Å²) >= 11 is 0. The van der Waals surface area contributed by atoms with E-state index in [4.69, 9.17) is 24.7 Å². The quantitative estimate of drug-likeness (QED) is 0.315. The van der Waals surface area contributed by atoms with Gasteiger partial charge in [-0.2, -0.15) is 0 Å². The molecular formula is C29H45NO8. The van der Waals surface area contributed by atoms with Crippen molar-refractivity contribution in [1.82, 2.24) is 0 Å². The molecule has 7 aliphatic rings. The van der Waals surface area contributed by atoms with Gasteiger partial charge >= 0.3 is 5.97 Å². The minimum atomic E-state index is -1.14. The van der Waals surface area contributed by atoms with E-state index >= 15 is 0 Å². The van der Waals surface area contributed by atoms with E-state index in [0.29, 0.717) is 30.1 Å². The van der Waals surface area contributed by atoms with Gasteiger partial charge in [0.1, 0.15) is 18.3 Å². The topological polar surface area (TPSA) is 141 Å². The van der Waals surface area contributed by atoms with Gasteiger partial charge < -0.3 is 40.0 Å². The zero-order valence-electron chi connectivity index (χ0n) is 22.7. The lowest BCUT2D eigenvalue weighted by Crippen LogP contribution is -2.67. The summed E-state index contributed by atoms with van der Waals surface area (Å²) in [7, 11) is 0. The van der Waals surface area contributed by atoms with Crippen molar-refractivity contribution in [3.63, 3.8) is 0 Å². The molecule has 0 spiro atoms. The summed E-state index contributed by atoms with van der Waals surface area (Å²) in [6, 6.07) is -0.921. The standard InChI is InChI=1S/C29H45NO8/c1-27-8-5-15(35-26-24(34)22(30)23(33)20(13-31)36-26)11-14(27)3-4-19-18(27)6-9-28(2)17-7-10-29(19,28)38-25-16(17)12-21(32)37-25/h14-20,22-26,31,33-34H,3-13,30H2,1-2H3/t14-,15+,16+,17-,18+,19-,20+,22-,23+,24+,25-,26+,27+,28-,29+/m1/s1. The number of carbonyl (C=O) groups excluding carboxylic acids is 1. The molecule has 3 heterocycles. The van der Waals surface area contributed by atoms with Crippen molar-refractivity contribution in [2.45, 2.75) is 127 Å². The summed E-state index contributed by atoms with van der Waals surface area (Å²) in [5, 5.41) is 30.4. The molecule has 3 saturated heterocycles. The second-order valence-corrected chi connectivity index (χ2v) is 14.1. The van der Waals surface area contributed by atoms with Crippen molar-refractivity contribution in [3.05, 3.63) is 0 Å². The lowest BCUT2D eigenvalue weighted by atomic mass is 9.42. The molecule has 4 aliphatic carbocycles. The van der Waals surface area contributed by atoms with Gasteiger partial charge in [0.05, 0.1) is 30.8 Å². The second-order valence-electron chi connectivity index (χ2n) is 14.1. The molecule has 214 valence electrons. The molecule has 15 atom stereocenters. The molecule has 9 nitrogen and oxygen atoms in total. The van der Waals surface area contributed by atoms with Crippen LogP contribution in [0.25, 0.3) is 0 Å². The van der Waals surface area contributed by atoms with E-state index in [-0.39, 0.29) is 47.3 Å². The van der Waals surface area contributed by atoms with Gasteiger partial charge in [0.15, 0.2) is 6.29 Å². The smallest absolute Gasteiger partial charge is 0.308 e. The Morgan fingerprint density at radius 1 is 1.00 bits per heavy atom. The molecule has 0 aromatic rings. The van der Waals surface area contributed by atoms with Crippen LogP contribution in [-0.2, 0) is 23.7 Å². The minimum Gasteiger partial charge on any atom is -0.435 e. The number of esters is 1. The zero-order valence-corrected chi connectivity index (χ0v) is 22.7. The van der Waals surface area contributed by atoms with Gasteiger partial charge in [-0.25, -0.2) is 0 Å². The van der Waals surface area contributed by atoms with E-state index < -0.39 is 30.6 Å². The Morgan fingerprint density at radius 3 is 2.58 bits per heavy atom. The van der Waals surface area contributed by atoms with Crippen molar-refractivity contribution in [1.29, 1.82) is 0 Å². The predicted molar refractivity (Wildman–Crippen MR) is 134 cm³/mol. The molecule has 7 rings (SSSR count). The summed E-state index contributed by atoms with van der Waals surface area (Å²) in [5.74, 6) is 2.20. The van der Waals surface area contributed by atoms with Gasteiger partial charge in [0, 0.05) is 11.3 Å². The largest absolute Gasteiger partial charge is 0.435 e. The van der Waals surface area contributed by atoms with Crippen LogP contribution < -0.4 is 5.73 Å².